The van der Waals surface area contributed by atoms with Crippen molar-refractivity contribution in [2.24, 2.45) is 0 Å². The second kappa shape index (κ2) is 7.64. The van der Waals surface area contributed by atoms with Gasteiger partial charge in [0.15, 0.2) is 0 Å². The molecule has 6 aromatic rings. The molecule has 6 rings (SSSR count). The van der Waals surface area contributed by atoms with Crippen molar-refractivity contribution in [1.82, 2.24) is 0 Å². The number of benzene rings is 6. The van der Waals surface area contributed by atoms with Crippen molar-refractivity contribution < 1.29 is 39.2 Å². The van der Waals surface area contributed by atoms with Crippen LogP contribution in [0.25, 0.3) is 53.9 Å². The van der Waals surface area contributed by atoms with Gasteiger partial charge in [0.1, 0.15) is 5.75 Å². The fraction of sp³-hybridized carbons (Fsp3) is 0. The summed E-state index contributed by atoms with van der Waals surface area (Å²) < 4.78 is 16.4. The largest absolute Gasteiger partial charge is 1.00 e. The Kier molecular flexibility index (Phi) is 5.02. The molecule has 6 heteroatoms. The van der Waals surface area contributed by atoms with Crippen LogP contribution in [0.4, 0.5) is 0 Å². The summed E-state index contributed by atoms with van der Waals surface area (Å²) in [5.41, 5.74) is 0. The van der Waals surface area contributed by atoms with Crippen LogP contribution in [0.2, 0.25) is 0 Å². The van der Waals surface area contributed by atoms with Crippen molar-refractivity contribution in [2.45, 2.75) is 0 Å². The summed E-state index contributed by atoms with van der Waals surface area (Å²) in [6.07, 6.45) is 0. The van der Waals surface area contributed by atoms with Crippen molar-refractivity contribution in [3.05, 3.63) is 91.0 Å². The third-order valence-corrected chi connectivity index (χ3v) is 6.27. The van der Waals surface area contributed by atoms with Crippen LogP contribution in [-0.2, 0) is 4.57 Å². The molecule has 0 saturated carbocycles. The van der Waals surface area contributed by atoms with Gasteiger partial charge < -0.3 is 5.95 Å². The summed E-state index contributed by atoms with van der Waals surface area (Å²) >= 11 is 0. The van der Waals surface area contributed by atoms with Crippen LogP contribution in [-0.4, -0.2) is 9.79 Å². The monoisotopic (exact) mass is 432 g/mol. The molecule has 2 N–H and O–H groups in total. The van der Waals surface area contributed by atoms with E-state index in [9.17, 15) is 14.4 Å². The average Bonchev–Trinajstić information content (AvgIpc) is 2.74. The zero-order valence-electron chi connectivity index (χ0n) is 18.3. The number of fused-ring (bicyclic) bond motifs is 6. The van der Waals surface area contributed by atoms with E-state index in [2.05, 4.69) is 48.5 Å². The molecule has 0 saturated heterocycles. The first-order chi connectivity index (χ1) is 14.9. The number of rotatable bonds is 2. The minimum atomic E-state index is -4.66. The molecule has 0 amide bonds. The van der Waals surface area contributed by atoms with Crippen LogP contribution in [0.3, 0.4) is 0 Å². The van der Waals surface area contributed by atoms with E-state index in [1.165, 1.54) is 16.2 Å². The second-order valence-electron chi connectivity index (χ2n) is 7.82. The van der Waals surface area contributed by atoms with Crippen molar-refractivity contribution in [3.63, 3.8) is 0 Å². The van der Waals surface area contributed by atoms with Gasteiger partial charge in [-0.1, -0.05) is 48.5 Å². The fourth-order valence-electron chi connectivity index (χ4n) is 4.45. The molecule has 0 unspecified atom stereocenters. The third-order valence-electron chi connectivity index (χ3n) is 5.83. The molecule has 0 heterocycles. The Hall–Kier alpha value is -2.83. The van der Waals surface area contributed by atoms with Crippen LogP contribution >= 0.6 is 7.82 Å². The minimum absolute atomic E-state index is 0. The van der Waals surface area contributed by atoms with Crippen molar-refractivity contribution in [1.29, 1.82) is 0 Å². The van der Waals surface area contributed by atoms with E-state index in [-0.39, 0.29) is 26.0 Å². The maximum absolute atomic E-state index is 11.4. The Morgan fingerprint density at radius 1 is 0.562 bits per heavy atom. The van der Waals surface area contributed by atoms with E-state index in [1.54, 1.807) is 12.1 Å². The molecule has 0 bridgehead atoms. The van der Waals surface area contributed by atoms with Crippen molar-refractivity contribution >= 4 is 61.7 Å². The zero-order valence-corrected chi connectivity index (χ0v) is 18.2. The Morgan fingerprint density at radius 3 is 1.72 bits per heavy atom. The Bertz CT molecular complexity index is 1730. The van der Waals surface area contributed by atoms with Crippen molar-refractivity contribution in [2.75, 3.05) is 0 Å². The van der Waals surface area contributed by atoms with Gasteiger partial charge in [0, 0.05) is 5.39 Å². The van der Waals surface area contributed by atoms with Gasteiger partial charge in [0.05, 0.1) is 0 Å². The number of hydrogen-bond donors (Lipinski definition) is 2. The molecule has 0 aliphatic rings. The van der Waals surface area contributed by atoms with E-state index in [0.29, 0.717) is 5.39 Å². The summed E-state index contributed by atoms with van der Waals surface area (Å²) in [6.45, 7) is 0. The first-order valence-electron chi connectivity index (χ1n) is 9.92. The smallest absolute Gasteiger partial charge is 1.00 e. The maximum Gasteiger partial charge on any atom is 1.00 e. The Labute approximate surface area is 197 Å². The van der Waals surface area contributed by atoms with E-state index < -0.39 is 7.82 Å². The van der Waals surface area contributed by atoms with Crippen LogP contribution in [0, 0.1) is 0 Å². The van der Waals surface area contributed by atoms with Gasteiger partial charge in [-0.2, -0.15) is 0 Å². The molecule has 152 valence electrons. The molecule has 4 nitrogen and oxygen atoms in total. The van der Waals surface area contributed by atoms with Crippen LogP contribution < -0.4 is 23.4 Å². The minimum Gasteiger partial charge on any atom is -1.00 e. The Balaban J connectivity index is 0.00000130. The number of phosphoric acid groups is 1. The summed E-state index contributed by atoms with van der Waals surface area (Å²) in [7, 11) is -4.66. The molecule has 0 fully saturated rings. The molecule has 0 aliphatic heterocycles. The maximum atomic E-state index is 11.4. The zero-order chi connectivity index (χ0) is 21.2. The first-order valence-corrected chi connectivity index (χ1v) is 11.4. The standard InChI is InChI=1S/C26H17O4P.Li.H/c27-31(28,29)30-26-7-3-6-18-12-19-8-9-20-13-21-10-16-4-1-2-5-17(16)11-22(21)14-23(20)24(19)15-25(18)26;;/h1-15H,(H2,27,28,29);;/q;+1;-1. The molecule has 0 aliphatic carbocycles. The molecule has 6 aromatic carbocycles. The van der Waals surface area contributed by atoms with Gasteiger partial charge in [0.25, 0.3) is 0 Å². The second-order valence-corrected chi connectivity index (χ2v) is 8.98. The van der Waals surface area contributed by atoms with Gasteiger partial charge in [0.2, 0.25) is 0 Å². The van der Waals surface area contributed by atoms with E-state index in [1.807, 2.05) is 30.3 Å². The van der Waals surface area contributed by atoms with Gasteiger partial charge in [-0.3, -0.25) is 9.79 Å². The third kappa shape index (κ3) is 3.57. The van der Waals surface area contributed by atoms with Gasteiger partial charge in [-0.15, -0.1) is 0 Å². The number of hydrogen-bond acceptors (Lipinski definition) is 2. The Morgan fingerprint density at radius 2 is 1.06 bits per heavy atom. The van der Waals surface area contributed by atoms with Gasteiger partial charge in [-0.05, 0) is 90.9 Å². The first kappa shape index (κ1) is 21.0. The average molecular weight is 432 g/mol. The van der Waals surface area contributed by atoms with E-state index >= 15 is 0 Å². The van der Waals surface area contributed by atoms with Crippen molar-refractivity contribution in [3.8, 4) is 5.75 Å². The normalized spacial score (nSPS) is 11.9. The summed E-state index contributed by atoms with van der Waals surface area (Å²) in [5.74, 6) is 0.177. The molecule has 0 spiro atoms. The van der Waals surface area contributed by atoms with Gasteiger partial charge in [-0.25, -0.2) is 4.57 Å². The summed E-state index contributed by atoms with van der Waals surface area (Å²) in [5, 5.41) is 10.5. The predicted octanol–water partition coefficient (Wildman–Crippen LogP) is 4.04. The summed E-state index contributed by atoms with van der Waals surface area (Å²) in [4.78, 5) is 18.6. The topological polar surface area (TPSA) is 66.8 Å². The summed E-state index contributed by atoms with van der Waals surface area (Å²) in [6, 6.07) is 30.5. The molecule has 0 radical (unpaired) electrons. The van der Waals surface area contributed by atoms with Crippen LogP contribution in [0.15, 0.2) is 91.0 Å². The SMILES string of the molecule is O=P(O)(O)Oc1cccc2cc3ccc4cc5cc6ccccc6cc5cc4c3cc12.[H-].[Li+]. The van der Waals surface area contributed by atoms with E-state index in [0.717, 1.165) is 32.3 Å². The molecule has 0 aromatic heterocycles. The molecule has 0 atom stereocenters. The molecular weight excluding hydrogens is 414 g/mol. The molecular formula is C26H18LiO4P. The predicted molar refractivity (Wildman–Crippen MR) is 128 cm³/mol. The van der Waals surface area contributed by atoms with Crippen LogP contribution in [0.5, 0.6) is 5.75 Å². The van der Waals surface area contributed by atoms with Crippen LogP contribution in [0.1, 0.15) is 1.43 Å². The number of phosphoric ester groups is 1. The van der Waals surface area contributed by atoms with Gasteiger partial charge >= 0.3 is 26.7 Å². The quantitative estimate of drug-likeness (QED) is 0.188. The molecule has 32 heavy (non-hydrogen) atoms. The fourth-order valence-corrected chi connectivity index (χ4v) is 4.87. The van der Waals surface area contributed by atoms with E-state index in [4.69, 9.17) is 4.52 Å².